The summed E-state index contributed by atoms with van der Waals surface area (Å²) in [6, 6.07) is 8.54. The van der Waals surface area contributed by atoms with Gasteiger partial charge in [-0.15, -0.1) is 0 Å². The lowest BCUT2D eigenvalue weighted by Crippen LogP contribution is -2.32. The van der Waals surface area contributed by atoms with Crippen LogP contribution in [0.1, 0.15) is 39.2 Å². The lowest BCUT2D eigenvalue weighted by Gasteiger charge is -2.12. The van der Waals surface area contributed by atoms with Crippen LogP contribution in [0.4, 0.5) is 0 Å². The largest absolute Gasteiger partial charge is 0.481 e. The number of carboxylic acids is 3. The molecular formula is C22H36N4O9. The van der Waals surface area contributed by atoms with E-state index >= 15 is 0 Å². The maximum atomic E-state index is 10.4. The molecule has 2 rings (SSSR count). The molecule has 0 radical (unpaired) electrons. The number of carboxylic acid groups (broad SMARTS) is 3. The Labute approximate surface area is 203 Å². The molecule has 13 nitrogen and oxygen atoms in total. The number of nitrogens with one attached hydrogen (secondary N) is 2. The predicted molar refractivity (Wildman–Crippen MR) is 127 cm³/mol. The summed E-state index contributed by atoms with van der Waals surface area (Å²) in [7, 11) is 1.69. The summed E-state index contributed by atoms with van der Waals surface area (Å²) < 4.78 is 0. The molecule has 198 valence electrons. The monoisotopic (exact) mass is 500 g/mol. The van der Waals surface area contributed by atoms with Gasteiger partial charge in [0, 0.05) is 7.05 Å². The van der Waals surface area contributed by atoms with Crippen LogP contribution in [0.3, 0.4) is 0 Å². The quantitative estimate of drug-likeness (QED) is 0.242. The fraction of sp³-hybridized carbons (Fsp3) is 0.500. The minimum Gasteiger partial charge on any atom is -0.481 e. The Balaban J connectivity index is 0. The van der Waals surface area contributed by atoms with E-state index in [2.05, 4.69) is 5.32 Å². The number of hydrogen-bond donors (Lipinski definition) is 8. The molecule has 0 aliphatic carbocycles. The molecular weight excluding hydrogens is 464 g/mol. The average molecular weight is 501 g/mol. The minimum atomic E-state index is -1.18. The molecule has 9 N–H and O–H groups in total. The third kappa shape index (κ3) is 19.6. The van der Waals surface area contributed by atoms with Gasteiger partial charge in [0.2, 0.25) is 5.91 Å². The van der Waals surface area contributed by atoms with Crippen LogP contribution in [0.2, 0.25) is 0 Å². The van der Waals surface area contributed by atoms with Gasteiger partial charge < -0.3 is 36.2 Å². The van der Waals surface area contributed by atoms with Crippen LogP contribution < -0.4 is 11.1 Å². The summed E-state index contributed by atoms with van der Waals surface area (Å²) in [5, 5.41) is 51.0. The van der Waals surface area contributed by atoms with Crippen LogP contribution in [-0.2, 0) is 25.6 Å². The first-order valence-corrected chi connectivity index (χ1v) is 10.5. The van der Waals surface area contributed by atoms with Crippen molar-refractivity contribution in [1.82, 2.24) is 10.2 Å². The number of nitrogens with two attached hydrogens (primary N) is 1. The van der Waals surface area contributed by atoms with Crippen LogP contribution in [0.5, 0.6) is 0 Å². The SMILES string of the molecule is CC(C)(O)CC(=O)O.CCC(O)C(=O)O.CN1CC(=O)NC1=N.NC(Cc1ccccc1)C(=O)O. The number of amides is 1. The van der Waals surface area contributed by atoms with E-state index in [1.165, 1.54) is 13.8 Å². The summed E-state index contributed by atoms with van der Waals surface area (Å²) in [5.41, 5.74) is 5.22. The van der Waals surface area contributed by atoms with Crippen LogP contribution in [-0.4, -0.2) is 91.5 Å². The van der Waals surface area contributed by atoms with Crippen molar-refractivity contribution < 1.29 is 44.7 Å². The number of aliphatic carboxylic acids is 3. The van der Waals surface area contributed by atoms with Crippen molar-refractivity contribution in [2.24, 2.45) is 5.73 Å². The third-order valence-electron chi connectivity index (χ3n) is 3.89. The van der Waals surface area contributed by atoms with Crippen LogP contribution in [0, 0.1) is 5.41 Å². The first-order chi connectivity index (χ1) is 16.0. The van der Waals surface area contributed by atoms with E-state index in [0.29, 0.717) is 13.0 Å². The maximum absolute atomic E-state index is 10.4. The highest BCUT2D eigenvalue weighted by Crippen LogP contribution is 2.05. The zero-order chi connectivity index (χ0) is 27.8. The molecule has 2 atom stereocenters. The topological polar surface area (TPSA) is 235 Å². The van der Waals surface area contributed by atoms with Gasteiger partial charge in [0.05, 0.1) is 18.6 Å². The first kappa shape index (κ1) is 33.6. The van der Waals surface area contributed by atoms with E-state index in [0.717, 1.165) is 5.56 Å². The normalized spacial score (nSPS) is 14.0. The summed E-state index contributed by atoms with van der Waals surface area (Å²) >= 11 is 0. The molecule has 0 spiro atoms. The van der Waals surface area contributed by atoms with Crippen LogP contribution >= 0.6 is 0 Å². The highest BCUT2D eigenvalue weighted by Gasteiger charge is 2.18. The number of rotatable bonds is 7. The van der Waals surface area contributed by atoms with Crippen LogP contribution in [0.15, 0.2) is 30.3 Å². The molecule has 2 unspecified atom stereocenters. The fourth-order valence-electron chi connectivity index (χ4n) is 2.06. The van der Waals surface area contributed by atoms with Gasteiger partial charge in [-0.2, -0.15) is 0 Å². The molecule has 35 heavy (non-hydrogen) atoms. The smallest absolute Gasteiger partial charge is 0.332 e. The van der Waals surface area contributed by atoms with E-state index < -0.39 is 35.7 Å². The van der Waals surface area contributed by atoms with Gasteiger partial charge in [0.25, 0.3) is 0 Å². The van der Waals surface area contributed by atoms with Crippen molar-refractivity contribution >= 4 is 29.8 Å². The molecule has 1 heterocycles. The van der Waals surface area contributed by atoms with Crippen molar-refractivity contribution in [3.63, 3.8) is 0 Å². The van der Waals surface area contributed by atoms with Crippen molar-refractivity contribution in [3.8, 4) is 0 Å². The Morgan fingerprint density at radius 2 is 1.66 bits per heavy atom. The molecule has 0 aromatic heterocycles. The zero-order valence-corrected chi connectivity index (χ0v) is 20.3. The van der Waals surface area contributed by atoms with Gasteiger partial charge >= 0.3 is 17.9 Å². The number of nitrogens with zero attached hydrogens (tertiary/aromatic N) is 1. The Bertz CT molecular complexity index is 826. The van der Waals surface area contributed by atoms with Gasteiger partial charge in [0.15, 0.2) is 12.1 Å². The number of hydrogen-bond acceptors (Lipinski definition) is 8. The molecule has 0 bridgehead atoms. The molecule has 1 aliphatic rings. The standard InChI is InChI=1S/C9H11NO2.C5H10O3.C4H7N3O.C4H8O3/c10-8(9(11)12)6-7-4-2-1-3-5-7;1-5(2,8)3-4(6)7;1-7-2-3(8)6-4(7)5;1-2-3(5)4(6)7/h1-5,8H,6,10H2,(H,11,12);8H,3H2,1-2H3,(H,6,7);2H2,1H3,(H2,5,6,8);3,5H,2H2,1H3,(H,6,7). The zero-order valence-electron chi connectivity index (χ0n) is 20.3. The highest BCUT2D eigenvalue weighted by molar-refractivity contribution is 6.02. The fourth-order valence-corrected chi connectivity index (χ4v) is 2.06. The summed E-state index contributed by atoms with van der Waals surface area (Å²) in [6.45, 7) is 4.85. The average Bonchev–Trinajstić information content (AvgIpc) is 3.02. The summed E-state index contributed by atoms with van der Waals surface area (Å²) in [4.78, 5) is 41.8. The lowest BCUT2D eigenvalue weighted by molar-refractivity contribution is -0.146. The number of aliphatic hydroxyl groups is 2. The molecule has 1 amide bonds. The number of carbonyl (C=O) groups is 4. The van der Waals surface area contributed by atoms with E-state index in [1.807, 2.05) is 30.3 Å². The van der Waals surface area contributed by atoms with Crippen molar-refractivity contribution in [1.29, 1.82) is 5.41 Å². The van der Waals surface area contributed by atoms with Gasteiger partial charge in [-0.25, -0.2) is 4.79 Å². The molecule has 1 saturated heterocycles. The summed E-state index contributed by atoms with van der Waals surface area (Å²) in [6.07, 6.45) is -0.724. The van der Waals surface area contributed by atoms with Crippen molar-refractivity contribution in [2.75, 3.05) is 13.6 Å². The Hall–Kier alpha value is -3.55. The van der Waals surface area contributed by atoms with Gasteiger partial charge in [-0.05, 0) is 32.3 Å². The van der Waals surface area contributed by atoms with E-state index in [-0.39, 0.29) is 24.7 Å². The highest BCUT2D eigenvalue weighted by atomic mass is 16.4. The van der Waals surface area contributed by atoms with Crippen molar-refractivity contribution in [3.05, 3.63) is 35.9 Å². The maximum Gasteiger partial charge on any atom is 0.332 e. The van der Waals surface area contributed by atoms with Gasteiger partial charge in [-0.1, -0.05) is 37.3 Å². The van der Waals surface area contributed by atoms with Crippen LogP contribution in [0.25, 0.3) is 0 Å². The number of carbonyl (C=O) groups excluding carboxylic acids is 1. The molecule has 0 saturated carbocycles. The predicted octanol–water partition coefficient (Wildman–Crippen LogP) is -0.302. The first-order valence-electron chi connectivity index (χ1n) is 10.5. The molecule has 13 heteroatoms. The minimum absolute atomic E-state index is 0.0995. The van der Waals surface area contributed by atoms with Gasteiger partial charge in [0.1, 0.15) is 6.04 Å². The number of likely N-dealkylation sites (N-methyl/N-ethyl adjacent to an activating group) is 1. The molecule has 1 aliphatic heterocycles. The second kappa shape index (κ2) is 17.0. The number of guanidine groups is 1. The molecule has 1 fully saturated rings. The number of aliphatic hydroxyl groups excluding tert-OH is 1. The van der Waals surface area contributed by atoms with E-state index in [4.69, 9.17) is 36.7 Å². The Morgan fingerprint density at radius 1 is 1.14 bits per heavy atom. The Morgan fingerprint density at radius 3 is 1.86 bits per heavy atom. The second-order valence-corrected chi connectivity index (χ2v) is 8.03. The van der Waals surface area contributed by atoms with Crippen molar-refractivity contribution in [2.45, 2.75) is 57.8 Å². The third-order valence-corrected chi connectivity index (χ3v) is 3.89. The lowest BCUT2D eigenvalue weighted by atomic mass is 10.1. The second-order valence-electron chi connectivity index (χ2n) is 8.03. The van der Waals surface area contributed by atoms with E-state index in [9.17, 15) is 19.2 Å². The summed E-state index contributed by atoms with van der Waals surface area (Å²) in [5.74, 6) is -2.99. The van der Waals surface area contributed by atoms with E-state index in [1.54, 1.807) is 18.9 Å². The molecule has 1 aromatic carbocycles. The van der Waals surface area contributed by atoms with Gasteiger partial charge in [-0.3, -0.25) is 25.1 Å². The number of benzene rings is 1. The Kier molecular flexibility index (Phi) is 16.3. The molecule has 1 aromatic rings.